The SMILES string of the molecule is c1cnn(-c2ccc(CNCc3ccno3)cc2)c1. The molecule has 0 aliphatic rings. The topological polar surface area (TPSA) is 55.9 Å². The Bertz CT molecular complexity index is 599. The molecule has 3 rings (SSSR count). The lowest BCUT2D eigenvalue weighted by molar-refractivity contribution is 0.373. The van der Waals surface area contributed by atoms with Crippen LogP contribution in [0.5, 0.6) is 0 Å². The van der Waals surface area contributed by atoms with E-state index in [1.807, 2.05) is 23.0 Å². The first-order valence-electron chi connectivity index (χ1n) is 6.11. The summed E-state index contributed by atoms with van der Waals surface area (Å²) in [5.74, 6) is 0.841. The van der Waals surface area contributed by atoms with Crippen molar-refractivity contribution < 1.29 is 4.52 Å². The van der Waals surface area contributed by atoms with Gasteiger partial charge in [-0.3, -0.25) is 0 Å². The largest absolute Gasteiger partial charge is 0.360 e. The molecule has 5 nitrogen and oxygen atoms in total. The number of nitrogens with one attached hydrogen (secondary N) is 1. The number of rotatable bonds is 5. The number of benzene rings is 1. The fourth-order valence-corrected chi connectivity index (χ4v) is 1.85. The fraction of sp³-hybridized carbons (Fsp3) is 0.143. The van der Waals surface area contributed by atoms with E-state index in [9.17, 15) is 0 Å². The summed E-state index contributed by atoms with van der Waals surface area (Å²) < 4.78 is 6.85. The maximum atomic E-state index is 5.02. The molecule has 0 bridgehead atoms. The van der Waals surface area contributed by atoms with Crippen LogP contribution in [0.2, 0.25) is 0 Å². The summed E-state index contributed by atoms with van der Waals surface area (Å²) in [5, 5.41) is 11.2. The van der Waals surface area contributed by atoms with Crippen molar-refractivity contribution in [3.8, 4) is 5.69 Å². The molecule has 0 aliphatic carbocycles. The third-order valence-electron chi connectivity index (χ3n) is 2.82. The van der Waals surface area contributed by atoms with Crippen LogP contribution < -0.4 is 5.32 Å². The molecule has 1 N–H and O–H groups in total. The predicted octanol–water partition coefficient (Wildman–Crippen LogP) is 2.15. The van der Waals surface area contributed by atoms with Crippen molar-refractivity contribution in [1.82, 2.24) is 20.3 Å². The standard InChI is InChI=1S/C14H14N4O/c1-7-16-18(9-1)13-4-2-12(3-5-13)10-15-11-14-6-8-17-19-14/h1-9,15H,10-11H2. The minimum Gasteiger partial charge on any atom is -0.360 e. The molecule has 2 heterocycles. The van der Waals surface area contributed by atoms with E-state index >= 15 is 0 Å². The highest BCUT2D eigenvalue weighted by molar-refractivity contribution is 5.33. The van der Waals surface area contributed by atoms with Crippen LogP contribution in [0.3, 0.4) is 0 Å². The van der Waals surface area contributed by atoms with E-state index in [0.29, 0.717) is 6.54 Å². The molecule has 0 amide bonds. The highest BCUT2D eigenvalue weighted by atomic mass is 16.5. The van der Waals surface area contributed by atoms with Gasteiger partial charge in [-0.2, -0.15) is 5.10 Å². The Morgan fingerprint density at radius 3 is 2.63 bits per heavy atom. The lowest BCUT2D eigenvalue weighted by Crippen LogP contribution is -2.12. The van der Waals surface area contributed by atoms with Gasteiger partial charge >= 0.3 is 0 Å². The van der Waals surface area contributed by atoms with Gasteiger partial charge in [0.15, 0.2) is 0 Å². The van der Waals surface area contributed by atoms with E-state index in [2.05, 4.69) is 39.8 Å². The van der Waals surface area contributed by atoms with Crippen molar-refractivity contribution in [1.29, 1.82) is 0 Å². The summed E-state index contributed by atoms with van der Waals surface area (Å²) in [5.41, 5.74) is 2.28. The maximum absolute atomic E-state index is 5.02. The normalized spacial score (nSPS) is 10.7. The zero-order chi connectivity index (χ0) is 12.9. The van der Waals surface area contributed by atoms with Gasteiger partial charge < -0.3 is 9.84 Å². The summed E-state index contributed by atoms with van der Waals surface area (Å²) in [7, 11) is 0. The molecule has 96 valence electrons. The zero-order valence-corrected chi connectivity index (χ0v) is 10.4. The number of hydrogen-bond acceptors (Lipinski definition) is 4. The molecule has 0 spiro atoms. The summed E-state index contributed by atoms with van der Waals surface area (Å²) in [6, 6.07) is 12.0. The van der Waals surface area contributed by atoms with Gasteiger partial charge in [-0.15, -0.1) is 0 Å². The predicted molar refractivity (Wildman–Crippen MR) is 70.6 cm³/mol. The third kappa shape index (κ3) is 2.89. The van der Waals surface area contributed by atoms with Gasteiger partial charge in [0.25, 0.3) is 0 Å². The van der Waals surface area contributed by atoms with Crippen LogP contribution in [-0.2, 0) is 13.1 Å². The Morgan fingerprint density at radius 1 is 1.05 bits per heavy atom. The second-order valence-electron chi connectivity index (χ2n) is 4.20. The number of hydrogen-bond donors (Lipinski definition) is 1. The van der Waals surface area contributed by atoms with Gasteiger partial charge in [0.1, 0.15) is 5.76 Å². The molecule has 0 saturated carbocycles. The van der Waals surface area contributed by atoms with Crippen molar-refractivity contribution in [3.63, 3.8) is 0 Å². The Hall–Kier alpha value is -2.40. The maximum Gasteiger partial charge on any atom is 0.150 e. The monoisotopic (exact) mass is 254 g/mol. The van der Waals surface area contributed by atoms with Crippen molar-refractivity contribution in [2.75, 3.05) is 0 Å². The first kappa shape index (κ1) is 11.7. The molecule has 0 unspecified atom stereocenters. The molecule has 0 aliphatic heterocycles. The Morgan fingerprint density at radius 2 is 1.95 bits per heavy atom. The van der Waals surface area contributed by atoms with E-state index in [1.54, 1.807) is 12.4 Å². The van der Waals surface area contributed by atoms with Crippen LogP contribution in [0.1, 0.15) is 11.3 Å². The molecule has 0 radical (unpaired) electrons. The van der Waals surface area contributed by atoms with Gasteiger partial charge in [0.05, 0.1) is 18.4 Å². The van der Waals surface area contributed by atoms with Crippen LogP contribution in [-0.4, -0.2) is 14.9 Å². The van der Waals surface area contributed by atoms with Gasteiger partial charge in [0, 0.05) is 25.0 Å². The van der Waals surface area contributed by atoms with Crippen LogP contribution in [0.15, 0.2) is 59.5 Å². The second-order valence-corrected chi connectivity index (χ2v) is 4.20. The van der Waals surface area contributed by atoms with E-state index in [1.165, 1.54) is 5.56 Å². The summed E-state index contributed by atoms with van der Waals surface area (Å²) in [6.07, 6.45) is 5.35. The average Bonchev–Trinajstić information content (AvgIpc) is 3.13. The highest BCUT2D eigenvalue weighted by Gasteiger charge is 1.99. The Balaban J connectivity index is 1.57. The van der Waals surface area contributed by atoms with Crippen molar-refractivity contribution in [2.24, 2.45) is 0 Å². The van der Waals surface area contributed by atoms with Gasteiger partial charge in [-0.1, -0.05) is 17.3 Å². The van der Waals surface area contributed by atoms with E-state index in [0.717, 1.165) is 18.0 Å². The van der Waals surface area contributed by atoms with E-state index in [4.69, 9.17) is 4.52 Å². The number of aromatic nitrogens is 3. The Labute approximate surface area is 110 Å². The smallest absolute Gasteiger partial charge is 0.150 e. The molecule has 0 saturated heterocycles. The lowest BCUT2D eigenvalue weighted by Gasteiger charge is -2.05. The van der Waals surface area contributed by atoms with Gasteiger partial charge in [-0.05, 0) is 23.8 Å². The average molecular weight is 254 g/mol. The highest BCUT2D eigenvalue weighted by Crippen LogP contribution is 2.08. The second kappa shape index (κ2) is 5.49. The molecule has 2 aromatic heterocycles. The minimum atomic E-state index is 0.681. The summed E-state index contributed by atoms with van der Waals surface area (Å²) in [6.45, 7) is 1.47. The first-order chi connectivity index (χ1) is 9.42. The molecule has 19 heavy (non-hydrogen) atoms. The molecule has 0 atom stereocenters. The van der Waals surface area contributed by atoms with Crippen LogP contribution in [0.4, 0.5) is 0 Å². The molecule has 5 heteroatoms. The summed E-state index contributed by atoms with van der Waals surface area (Å²) >= 11 is 0. The molecule has 3 aromatic rings. The van der Waals surface area contributed by atoms with Gasteiger partial charge in [-0.25, -0.2) is 4.68 Å². The fourth-order valence-electron chi connectivity index (χ4n) is 1.85. The van der Waals surface area contributed by atoms with Crippen molar-refractivity contribution in [2.45, 2.75) is 13.1 Å². The van der Waals surface area contributed by atoms with E-state index in [-0.39, 0.29) is 0 Å². The molecule has 0 fully saturated rings. The van der Waals surface area contributed by atoms with E-state index < -0.39 is 0 Å². The van der Waals surface area contributed by atoms with Crippen LogP contribution >= 0.6 is 0 Å². The molecular formula is C14H14N4O. The molecule has 1 aromatic carbocycles. The Kier molecular flexibility index (Phi) is 3.38. The zero-order valence-electron chi connectivity index (χ0n) is 10.4. The summed E-state index contributed by atoms with van der Waals surface area (Å²) in [4.78, 5) is 0. The van der Waals surface area contributed by atoms with Crippen molar-refractivity contribution in [3.05, 3.63) is 66.3 Å². The minimum absolute atomic E-state index is 0.681. The van der Waals surface area contributed by atoms with Crippen LogP contribution in [0, 0.1) is 0 Å². The van der Waals surface area contributed by atoms with Gasteiger partial charge in [0.2, 0.25) is 0 Å². The third-order valence-corrected chi connectivity index (χ3v) is 2.82. The number of nitrogens with zero attached hydrogens (tertiary/aromatic N) is 3. The molecular weight excluding hydrogens is 240 g/mol. The first-order valence-corrected chi connectivity index (χ1v) is 6.11. The van der Waals surface area contributed by atoms with Crippen LogP contribution in [0.25, 0.3) is 5.69 Å². The lowest BCUT2D eigenvalue weighted by atomic mass is 10.2. The quantitative estimate of drug-likeness (QED) is 0.758. The van der Waals surface area contributed by atoms with Crippen molar-refractivity contribution >= 4 is 0 Å².